The van der Waals surface area contributed by atoms with E-state index < -0.39 is 0 Å². The topological polar surface area (TPSA) is 38.7 Å². The second-order valence-corrected chi connectivity index (χ2v) is 11.2. The molecular formula is C37H32FN3S. The van der Waals surface area contributed by atoms with E-state index >= 15 is 0 Å². The van der Waals surface area contributed by atoms with Crippen LogP contribution in [0, 0.1) is 56.2 Å². The Kier molecular flexibility index (Phi) is 10.2. The first-order valence-corrected chi connectivity index (χ1v) is 14.5. The van der Waals surface area contributed by atoms with E-state index in [1.54, 1.807) is 36.6 Å². The Labute approximate surface area is 252 Å². The zero-order valence-electron chi connectivity index (χ0n) is 24.5. The molecule has 0 bridgehead atoms. The Balaban J connectivity index is 0.000000193. The zero-order valence-corrected chi connectivity index (χ0v) is 25.3. The minimum absolute atomic E-state index is 0.201. The monoisotopic (exact) mass is 569 g/mol. The summed E-state index contributed by atoms with van der Waals surface area (Å²) in [6.45, 7) is 13.9. The number of pyridine rings is 2. The lowest BCUT2D eigenvalue weighted by molar-refractivity contribution is 0.619. The smallest absolute Gasteiger partial charge is 0.126 e. The van der Waals surface area contributed by atoms with Crippen molar-refractivity contribution in [3.05, 3.63) is 135 Å². The van der Waals surface area contributed by atoms with Gasteiger partial charge in [-0.25, -0.2) is 9.37 Å². The van der Waals surface area contributed by atoms with E-state index in [0.29, 0.717) is 11.5 Å². The molecule has 0 spiro atoms. The van der Waals surface area contributed by atoms with Crippen molar-refractivity contribution >= 4 is 11.3 Å². The number of hydrogen-bond donors (Lipinski definition) is 0. The summed E-state index contributed by atoms with van der Waals surface area (Å²) in [7, 11) is 0. The van der Waals surface area contributed by atoms with Gasteiger partial charge in [-0.05, 0) is 92.3 Å². The van der Waals surface area contributed by atoms with Crippen molar-refractivity contribution < 1.29 is 4.39 Å². The van der Waals surface area contributed by atoms with Gasteiger partial charge in [0.05, 0.1) is 16.4 Å². The molecule has 5 aromatic rings. The Morgan fingerprint density at radius 1 is 0.810 bits per heavy atom. The third-order valence-corrected chi connectivity index (χ3v) is 7.09. The first-order valence-electron chi connectivity index (χ1n) is 13.6. The highest BCUT2D eigenvalue weighted by Crippen LogP contribution is 2.20. The highest BCUT2D eigenvalue weighted by Gasteiger charge is 2.03. The third kappa shape index (κ3) is 8.58. The Bertz CT molecular complexity index is 1810. The van der Waals surface area contributed by atoms with Gasteiger partial charge in [-0.15, -0.1) is 11.3 Å². The molecule has 0 saturated heterocycles. The number of aromatic nitrogens is 3. The maximum Gasteiger partial charge on any atom is 0.126 e. The number of aryl methyl sites for hydroxylation is 3. The summed E-state index contributed by atoms with van der Waals surface area (Å²) in [5.74, 6) is 12.4. The van der Waals surface area contributed by atoms with Crippen molar-refractivity contribution in [2.75, 3.05) is 0 Å². The molecule has 0 N–H and O–H groups in total. The van der Waals surface area contributed by atoms with Gasteiger partial charge >= 0.3 is 0 Å². The first kappa shape index (κ1) is 30.1. The Morgan fingerprint density at radius 2 is 1.48 bits per heavy atom. The van der Waals surface area contributed by atoms with Crippen LogP contribution in [0.1, 0.15) is 46.8 Å². The second kappa shape index (κ2) is 14.2. The number of benzene rings is 2. The minimum Gasteiger partial charge on any atom is -0.255 e. The summed E-state index contributed by atoms with van der Waals surface area (Å²) in [6, 6.07) is 21.1. The van der Waals surface area contributed by atoms with Gasteiger partial charge in [-0.3, -0.25) is 9.97 Å². The van der Waals surface area contributed by atoms with Crippen LogP contribution in [-0.4, -0.2) is 15.0 Å². The molecule has 42 heavy (non-hydrogen) atoms. The van der Waals surface area contributed by atoms with Crippen LogP contribution in [0.15, 0.2) is 96.7 Å². The van der Waals surface area contributed by atoms with Gasteiger partial charge in [-0.1, -0.05) is 62.0 Å². The standard InChI is InChI=1S/C19H18FN.C18H14N2S/c1-13(2)14(3)5-6-16-7-10-19(21-12-16)17-8-9-18(20)15(4)11-17;1-13-4-3-5-16(10-13)18-9-7-15(11-19-18)6-8-17-12-21-14(2)20-17/h7-13H,3H2,1-2,4H3;3-5,7,9-12H,1-2H3. The van der Waals surface area contributed by atoms with Crippen molar-refractivity contribution in [2.45, 2.75) is 34.6 Å². The fraction of sp³-hybridized carbons (Fsp3) is 0.162. The van der Waals surface area contributed by atoms with Crippen LogP contribution in [0.25, 0.3) is 22.5 Å². The lowest BCUT2D eigenvalue weighted by Crippen LogP contribution is -1.89. The summed E-state index contributed by atoms with van der Waals surface area (Å²) >= 11 is 1.61. The van der Waals surface area contributed by atoms with Gasteiger partial charge in [0.25, 0.3) is 0 Å². The third-order valence-electron chi connectivity index (χ3n) is 6.31. The molecule has 2 aromatic carbocycles. The normalized spacial score (nSPS) is 10.1. The lowest BCUT2D eigenvalue weighted by Gasteiger charge is -2.03. The summed E-state index contributed by atoms with van der Waals surface area (Å²) in [4.78, 5) is 13.2. The van der Waals surface area contributed by atoms with E-state index in [4.69, 9.17) is 0 Å². The Hall–Kier alpha value is -4.84. The summed E-state index contributed by atoms with van der Waals surface area (Å²) in [5.41, 5.74) is 9.14. The molecule has 0 radical (unpaired) electrons. The SMILES string of the molecule is C=C(C#Cc1ccc(-c2ccc(F)c(C)c2)nc1)C(C)C.Cc1cccc(-c2ccc(C#Cc3csc(C)n3)cn2)c1. The predicted molar refractivity (Wildman–Crippen MR) is 172 cm³/mol. The molecular weight excluding hydrogens is 537 g/mol. The summed E-state index contributed by atoms with van der Waals surface area (Å²) in [6.07, 6.45) is 3.54. The molecule has 0 aliphatic rings. The number of rotatable bonds is 3. The minimum atomic E-state index is -0.201. The van der Waals surface area contributed by atoms with E-state index in [0.717, 1.165) is 49.9 Å². The fourth-order valence-corrected chi connectivity index (χ4v) is 4.28. The highest BCUT2D eigenvalue weighted by atomic mass is 32.1. The highest BCUT2D eigenvalue weighted by molar-refractivity contribution is 7.09. The van der Waals surface area contributed by atoms with Crippen LogP contribution in [-0.2, 0) is 0 Å². The number of allylic oxidation sites excluding steroid dienone is 1. The second-order valence-electron chi connectivity index (χ2n) is 10.1. The van der Waals surface area contributed by atoms with Crippen LogP contribution < -0.4 is 0 Å². The molecule has 5 rings (SSSR count). The predicted octanol–water partition coefficient (Wildman–Crippen LogP) is 8.98. The van der Waals surface area contributed by atoms with E-state index in [1.165, 1.54) is 11.6 Å². The van der Waals surface area contributed by atoms with E-state index in [2.05, 4.69) is 84.2 Å². The maximum absolute atomic E-state index is 13.3. The van der Waals surface area contributed by atoms with Crippen molar-refractivity contribution in [3.8, 4) is 46.2 Å². The summed E-state index contributed by atoms with van der Waals surface area (Å²) < 4.78 is 13.3. The summed E-state index contributed by atoms with van der Waals surface area (Å²) in [5, 5.41) is 3.00. The quantitative estimate of drug-likeness (QED) is 0.204. The van der Waals surface area contributed by atoms with Crippen LogP contribution in [0.4, 0.5) is 4.39 Å². The van der Waals surface area contributed by atoms with Crippen molar-refractivity contribution in [1.29, 1.82) is 0 Å². The number of hydrogen-bond acceptors (Lipinski definition) is 4. The average molecular weight is 570 g/mol. The van der Waals surface area contributed by atoms with Crippen molar-refractivity contribution in [2.24, 2.45) is 5.92 Å². The molecule has 0 aliphatic carbocycles. The number of thiazole rings is 1. The molecule has 0 atom stereocenters. The molecule has 5 heteroatoms. The zero-order chi connectivity index (χ0) is 30.1. The molecule has 208 valence electrons. The molecule has 3 aromatic heterocycles. The molecule has 0 unspecified atom stereocenters. The van der Waals surface area contributed by atoms with Gasteiger partial charge < -0.3 is 0 Å². The first-order chi connectivity index (χ1) is 20.2. The van der Waals surface area contributed by atoms with Crippen molar-refractivity contribution in [1.82, 2.24) is 15.0 Å². The van der Waals surface area contributed by atoms with Crippen LogP contribution in [0.2, 0.25) is 0 Å². The molecule has 3 heterocycles. The van der Waals surface area contributed by atoms with Crippen molar-refractivity contribution in [3.63, 3.8) is 0 Å². The number of nitrogens with zero attached hydrogens (tertiary/aromatic N) is 3. The van der Waals surface area contributed by atoms with E-state index in [-0.39, 0.29) is 5.82 Å². The fourth-order valence-electron chi connectivity index (χ4n) is 3.74. The molecule has 0 aliphatic heterocycles. The van der Waals surface area contributed by atoms with Gasteiger partial charge in [-0.2, -0.15) is 0 Å². The van der Waals surface area contributed by atoms with Crippen LogP contribution in [0.3, 0.4) is 0 Å². The maximum atomic E-state index is 13.3. The Morgan fingerprint density at radius 3 is 2.02 bits per heavy atom. The lowest BCUT2D eigenvalue weighted by atomic mass is 10.1. The molecule has 3 nitrogen and oxygen atoms in total. The average Bonchev–Trinajstić information content (AvgIpc) is 3.42. The molecule has 0 amide bonds. The van der Waals surface area contributed by atoms with Crippen LogP contribution >= 0.6 is 11.3 Å². The van der Waals surface area contributed by atoms with Gasteiger partial charge in [0.1, 0.15) is 11.5 Å². The molecule has 0 saturated carbocycles. The van der Waals surface area contributed by atoms with E-state index in [9.17, 15) is 4.39 Å². The van der Waals surface area contributed by atoms with Gasteiger partial charge in [0, 0.05) is 40.0 Å². The number of halogens is 1. The van der Waals surface area contributed by atoms with Crippen LogP contribution in [0.5, 0.6) is 0 Å². The van der Waals surface area contributed by atoms with Gasteiger partial charge in [0.15, 0.2) is 0 Å². The molecule has 0 fully saturated rings. The van der Waals surface area contributed by atoms with E-state index in [1.807, 2.05) is 48.8 Å². The largest absolute Gasteiger partial charge is 0.255 e. The van der Waals surface area contributed by atoms with Gasteiger partial charge in [0.2, 0.25) is 0 Å².